The highest BCUT2D eigenvalue weighted by Crippen LogP contribution is 2.18. The Bertz CT molecular complexity index is 423. The Morgan fingerprint density at radius 3 is 2.89 bits per heavy atom. The van der Waals surface area contributed by atoms with Crippen molar-refractivity contribution >= 4 is 11.6 Å². The molecule has 2 N–H and O–H groups in total. The van der Waals surface area contributed by atoms with Crippen molar-refractivity contribution < 1.29 is 14.5 Å². The van der Waals surface area contributed by atoms with Crippen LogP contribution in [0.15, 0.2) is 24.3 Å². The van der Waals surface area contributed by atoms with Crippen LogP contribution in [0.1, 0.15) is 0 Å². The molecule has 18 heavy (non-hydrogen) atoms. The summed E-state index contributed by atoms with van der Waals surface area (Å²) in [5.41, 5.74) is -0.0666. The first-order valence-electron chi connectivity index (χ1n) is 5.42. The number of likely N-dealkylation sites (N-methyl/N-ethyl adjacent to an activating group) is 1. The van der Waals surface area contributed by atoms with Crippen LogP contribution in [0, 0.1) is 10.1 Å². The zero-order valence-electron chi connectivity index (χ0n) is 10.0. The van der Waals surface area contributed by atoms with Gasteiger partial charge in [-0.2, -0.15) is 0 Å². The summed E-state index contributed by atoms with van der Waals surface area (Å²) >= 11 is 0. The quantitative estimate of drug-likeness (QED) is 0.414. The SMILES string of the molecule is CNCCNC(=O)COc1cccc([N+](=O)[O-])c1. The van der Waals surface area contributed by atoms with Gasteiger partial charge in [0.05, 0.1) is 11.0 Å². The molecule has 0 saturated heterocycles. The average molecular weight is 253 g/mol. The van der Waals surface area contributed by atoms with E-state index in [0.29, 0.717) is 18.8 Å². The van der Waals surface area contributed by atoms with Crippen LogP contribution in [0.4, 0.5) is 5.69 Å². The number of hydrogen-bond donors (Lipinski definition) is 2. The number of nitrogens with zero attached hydrogens (tertiary/aromatic N) is 1. The molecule has 0 atom stereocenters. The molecule has 1 aromatic rings. The number of carbonyl (C=O) groups is 1. The van der Waals surface area contributed by atoms with Gasteiger partial charge in [0, 0.05) is 19.2 Å². The van der Waals surface area contributed by atoms with Gasteiger partial charge in [-0.1, -0.05) is 6.07 Å². The normalized spacial score (nSPS) is 9.83. The summed E-state index contributed by atoms with van der Waals surface area (Å²) in [4.78, 5) is 21.3. The summed E-state index contributed by atoms with van der Waals surface area (Å²) in [7, 11) is 1.78. The van der Waals surface area contributed by atoms with Crippen LogP contribution in [0.5, 0.6) is 5.75 Å². The van der Waals surface area contributed by atoms with E-state index in [0.717, 1.165) is 0 Å². The molecule has 0 bridgehead atoms. The standard InChI is InChI=1S/C11H15N3O4/c1-12-5-6-13-11(15)8-18-10-4-2-3-9(7-10)14(16)17/h2-4,7,12H,5-6,8H2,1H3,(H,13,15). The number of ether oxygens (including phenoxy) is 1. The van der Waals surface area contributed by atoms with E-state index >= 15 is 0 Å². The van der Waals surface area contributed by atoms with Crippen molar-refractivity contribution in [2.24, 2.45) is 0 Å². The first-order chi connectivity index (χ1) is 8.63. The molecule has 1 amide bonds. The maximum absolute atomic E-state index is 11.3. The van der Waals surface area contributed by atoms with Gasteiger partial charge in [0.1, 0.15) is 5.75 Å². The predicted octanol–water partition coefficient (Wildman–Crippen LogP) is 0.309. The van der Waals surface area contributed by atoms with Crippen molar-refractivity contribution in [3.8, 4) is 5.75 Å². The molecule has 0 fully saturated rings. The molecule has 98 valence electrons. The third kappa shape index (κ3) is 4.79. The number of amides is 1. The van der Waals surface area contributed by atoms with Gasteiger partial charge in [-0.25, -0.2) is 0 Å². The molecule has 0 saturated carbocycles. The van der Waals surface area contributed by atoms with Crippen molar-refractivity contribution in [3.05, 3.63) is 34.4 Å². The minimum atomic E-state index is -0.514. The summed E-state index contributed by atoms with van der Waals surface area (Å²) in [6.45, 7) is 1.01. The molecule has 0 heterocycles. The van der Waals surface area contributed by atoms with Gasteiger partial charge in [0.2, 0.25) is 0 Å². The smallest absolute Gasteiger partial charge is 0.273 e. The van der Waals surface area contributed by atoms with Crippen molar-refractivity contribution in [2.75, 3.05) is 26.7 Å². The molecule has 0 spiro atoms. The number of carbonyl (C=O) groups excluding carboxylic acids is 1. The Morgan fingerprint density at radius 2 is 2.22 bits per heavy atom. The Morgan fingerprint density at radius 1 is 1.44 bits per heavy atom. The van der Waals surface area contributed by atoms with Crippen LogP contribution in [0.2, 0.25) is 0 Å². The van der Waals surface area contributed by atoms with Crippen molar-refractivity contribution in [2.45, 2.75) is 0 Å². The monoisotopic (exact) mass is 253 g/mol. The Labute approximate surface area is 104 Å². The van der Waals surface area contributed by atoms with Crippen LogP contribution in [0.25, 0.3) is 0 Å². The lowest BCUT2D eigenvalue weighted by Gasteiger charge is -2.06. The fourth-order valence-corrected chi connectivity index (χ4v) is 1.21. The number of non-ortho nitro benzene ring substituents is 1. The number of rotatable bonds is 7. The van der Waals surface area contributed by atoms with E-state index in [1.807, 2.05) is 0 Å². The fourth-order valence-electron chi connectivity index (χ4n) is 1.21. The van der Waals surface area contributed by atoms with Crippen molar-refractivity contribution in [3.63, 3.8) is 0 Å². The summed E-state index contributed by atoms with van der Waals surface area (Å²) in [5, 5.41) is 16.0. The molecule has 0 aliphatic rings. The van der Waals surface area contributed by atoms with Gasteiger partial charge in [-0.15, -0.1) is 0 Å². The second kappa shape index (κ2) is 7.23. The van der Waals surface area contributed by atoms with Crippen LogP contribution in [0.3, 0.4) is 0 Å². The molecule has 0 radical (unpaired) electrons. The van der Waals surface area contributed by atoms with E-state index < -0.39 is 4.92 Å². The highest BCUT2D eigenvalue weighted by atomic mass is 16.6. The van der Waals surface area contributed by atoms with Gasteiger partial charge in [-0.05, 0) is 13.1 Å². The van der Waals surface area contributed by atoms with E-state index in [1.165, 1.54) is 18.2 Å². The van der Waals surface area contributed by atoms with Crippen LogP contribution in [-0.4, -0.2) is 37.6 Å². The van der Waals surface area contributed by atoms with E-state index in [-0.39, 0.29) is 18.2 Å². The van der Waals surface area contributed by atoms with Gasteiger partial charge in [-0.3, -0.25) is 14.9 Å². The van der Waals surface area contributed by atoms with E-state index in [4.69, 9.17) is 4.74 Å². The fraction of sp³-hybridized carbons (Fsp3) is 0.364. The maximum atomic E-state index is 11.3. The Hall–Kier alpha value is -2.15. The summed E-state index contributed by atoms with van der Waals surface area (Å²) in [6.07, 6.45) is 0. The van der Waals surface area contributed by atoms with Crippen LogP contribution in [-0.2, 0) is 4.79 Å². The lowest BCUT2D eigenvalue weighted by molar-refractivity contribution is -0.384. The van der Waals surface area contributed by atoms with Gasteiger partial charge < -0.3 is 15.4 Å². The van der Waals surface area contributed by atoms with E-state index in [2.05, 4.69) is 10.6 Å². The summed E-state index contributed by atoms with van der Waals surface area (Å²) in [5.74, 6) is 0.0322. The number of nitrogens with one attached hydrogen (secondary N) is 2. The number of hydrogen-bond acceptors (Lipinski definition) is 5. The van der Waals surface area contributed by atoms with Crippen molar-refractivity contribution in [1.29, 1.82) is 0 Å². The zero-order valence-corrected chi connectivity index (χ0v) is 10.0. The van der Waals surface area contributed by atoms with E-state index in [9.17, 15) is 14.9 Å². The Kier molecular flexibility index (Phi) is 5.59. The topological polar surface area (TPSA) is 93.5 Å². The molecule has 0 aliphatic carbocycles. The Balaban J connectivity index is 2.41. The zero-order chi connectivity index (χ0) is 13.4. The number of nitro benzene ring substituents is 1. The molecular weight excluding hydrogens is 238 g/mol. The molecule has 0 aromatic heterocycles. The minimum Gasteiger partial charge on any atom is -0.484 e. The largest absolute Gasteiger partial charge is 0.484 e. The molecule has 1 aromatic carbocycles. The molecular formula is C11H15N3O4. The molecule has 7 heteroatoms. The average Bonchev–Trinajstić information content (AvgIpc) is 2.37. The number of benzene rings is 1. The van der Waals surface area contributed by atoms with Crippen molar-refractivity contribution in [1.82, 2.24) is 10.6 Å². The third-order valence-electron chi connectivity index (χ3n) is 2.10. The van der Waals surface area contributed by atoms with Crippen LogP contribution >= 0.6 is 0 Å². The lowest BCUT2D eigenvalue weighted by Crippen LogP contribution is -2.33. The maximum Gasteiger partial charge on any atom is 0.273 e. The third-order valence-corrected chi connectivity index (χ3v) is 2.10. The van der Waals surface area contributed by atoms with Gasteiger partial charge >= 0.3 is 0 Å². The predicted molar refractivity (Wildman–Crippen MR) is 65.5 cm³/mol. The molecule has 0 aliphatic heterocycles. The highest BCUT2D eigenvalue weighted by molar-refractivity contribution is 5.77. The van der Waals surface area contributed by atoms with Crippen LogP contribution < -0.4 is 15.4 Å². The van der Waals surface area contributed by atoms with Gasteiger partial charge in [0.25, 0.3) is 11.6 Å². The minimum absolute atomic E-state index is 0.0666. The molecule has 7 nitrogen and oxygen atoms in total. The summed E-state index contributed by atoms with van der Waals surface area (Å²) < 4.78 is 5.15. The second-order valence-corrected chi connectivity index (χ2v) is 3.50. The number of nitro groups is 1. The second-order valence-electron chi connectivity index (χ2n) is 3.50. The highest BCUT2D eigenvalue weighted by Gasteiger charge is 2.07. The lowest BCUT2D eigenvalue weighted by atomic mass is 10.3. The first kappa shape index (κ1) is 13.9. The first-order valence-corrected chi connectivity index (χ1v) is 5.42. The van der Waals surface area contributed by atoms with Gasteiger partial charge in [0.15, 0.2) is 6.61 Å². The molecule has 1 rings (SSSR count). The molecule has 0 unspecified atom stereocenters. The summed E-state index contributed by atoms with van der Waals surface area (Å²) in [6, 6.07) is 5.71. The van der Waals surface area contributed by atoms with E-state index in [1.54, 1.807) is 13.1 Å².